The van der Waals surface area contributed by atoms with Crippen molar-refractivity contribution in [2.45, 2.75) is 6.42 Å². The standard InChI is InChI=1S/C9H10BrNO2/c10-7-2-1-3-8(6-7)13-5-4-9(11)12/h1-3,6H,4-5H2,(H2,11,12). The molecule has 2 N–H and O–H groups in total. The minimum atomic E-state index is -0.352. The van der Waals surface area contributed by atoms with E-state index in [-0.39, 0.29) is 12.3 Å². The third-order valence-corrected chi connectivity index (χ3v) is 1.91. The number of benzene rings is 1. The van der Waals surface area contributed by atoms with Crippen LogP contribution in [-0.4, -0.2) is 12.5 Å². The van der Waals surface area contributed by atoms with Crippen LogP contribution in [0.1, 0.15) is 6.42 Å². The number of hydrogen-bond donors (Lipinski definition) is 1. The van der Waals surface area contributed by atoms with E-state index in [2.05, 4.69) is 15.9 Å². The Hall–Kier alpha value is -1.03. The molecule has 0 radical (unpaired) electrons. The first-order chi connectivity index (χ1) is 6.18. The molecule has 0 aromatic heterocycles. The minimum absolute atomic E-state index is 0.243. The second kappa shape index (κ2) is 4.87. The molecule has 1 amide bonds. The van der Waals surface area contributed by atoms with Crippen molar-refractivity contribution >= 4 is 21.8 Å². The van der Waals surface area contributed by atoms with E-state index in [9.17, 15) is 4.79 Å². The van der Waals surface area contributed by atoms with Crippen molar-refractivity contribution in [3.63, 3.8) is 0 Å². The van der Waals surface area contributed by atoms with Crippen LogP contribution in [-0.2, 0) is 4.79 Å². The third kappa shape index (κ3) is 3.94. The maximum atomic E-state index is 10.4. The molecule has 0 aliphatic rings. The van der Waals surface area contributed by atoms with Gasteiger partial charge >= 0.3 is 0 Å². The fourth-order valence-corrected chi connectivity index (χ4v) is 1.20. The number of ether oxygens (including phenoxy) is 1. The van der Waals surface area contributed by atoms with Gasteiger partial charge in [-0.05, 0) is 18.2 Å². The molecule has 0 atom stereocenters. The third-order valence-electron chi connectivity index (χ3n) is 1.41. The van der Waals surface area contributed by atoms with Gasteiger partial charge < -0.3 is 10.5 Å². The zero-order valence-corrected chi connectivity index (χ0v) is 8.58. The number of hydrogen-bond acceptors (Lipinski definition) is 2. The van der Waals surface area contributed by atoms with E-state index in [0.717, 1.165) is 10.2 Å². The summed E-state index contributed by atoms with van der Waals surface area (Å²) in [4.78, 5) is 10.4. The largest absolute Gasteiger partial charge is 0.493 e. The van der Waals surface area contributed by atoms with Gasteiger partial charge in [-0.25, -0.2) is 0 Å². The lowest BCUT2D eigenvalue weighted by Crippen LogP contribution is -2.14. The molecule has 4 heteroatoms. The number of primary amides is 1. The smallest absolute Gasteiger partial charge is 0.220 e. The van der Waals surface area contributed by atoms with Gasteiger partial charge in [-0.1, -0.05) is 22.0 Å². The summed E-state index contributed by atoms with van der Waals surface area (Å²) in [6, 6.07) is 7.43. The van der Waals surface area contributed by atoms with Crippen LogP contribution in [0.15, 0.2) is 28.7 Å². The Kier molecular flexibility index (Phi) is 3.76. The molecule has 3 nitrogen and oxygen atoms in total. The lowest BCUT2D eigenvalue weighted by Gasteiger charge is -2.04. The highest BCUT2D eigenvalue weighted by atomic mass is 79.9. The quantitative estimate of drug-likeness (QED) is 0.876. The van der Waals surface area contributed by atoms with Gasteiger partial charge in [0.05, 0.1) is 13.0 Å². The number of carbonyl (C=O) groups is 1. The van der Waals surface area contributed by atoms with E-state index in [1.807, 2.05) is 24.3 Å². The summed E-state index contributed by atoms with van der Waals surface area (Å²) in [7, 11) is 0. The Balaban J connectivity index is 2.41. The van der Waals surface area contributed by atoms with Crippen molar-refractivity contribution in [1.29, 1.82) is 0 Å². The normalized spacial score (nSPS) is 9.62. The summed E-state index contributed by atoms with van der Waals surface area (Å²) < 4.78 is 6.22. The van der Waals surface area contributed by atoms with Gasteiger partial charge in [0.15, 0.2) is 0 Å². The van der Waals surface area contributed by atoms with Gasteiger partial charge in [-0.3, -0.25) is 4.79 Å². The van der Waals surface area contributed by atoms with Crippen LogP contribution in [0.4, 0.5) is 0 Å². The average Bonchev–Trinajstić information content (AvgIpc) is 2.03. The van der Waals surface area contributed by atoms with Gasteiger partial charge in [0.1, 0.15) is 5.75 Å². The summed E-state index contributed by atoms with van der Waals surface area (Å²) >= 11 is 3.31. The first-order valence-corrected chi connectivity index (χ1v) is 4.64. The van der Waals surface area contributed by atoms with Gasteiger partial charge in [0.25, 0.3) is 0 Å². The maximum absolute atomic E-state index is 10.4. The number of halogens is 1. The van der Waals surface area contributed by atoms with Crippen LogP contribution in [0.5, 0.6) is 5.75 Å². The Bertz CT molecular complexity index is 301. The first-order valence-electron chi connectivity index (χ1n) is 3.85. The van der Waals surface area contributed by atoms with Crippen molar-refractivity contribution in [3.05, 3.63) is 28.7 Å². The van der Waals surface area contributed by atoms with E-state index in [4.69, 9.17) is 10.5 Å². The van der Waals surface area contributed by atoms with Crippen molar-refractivity contribution in [2.75, 3.05) is 6.61 Å². The second-order valence-electron chi connectivity index (χ2n) is 2.52. The summed E-state index contributed by atoms with van der Waals surface area (Å²) in [5, 5.41) is 0. The summed E-state index contributed by atoms with van der Waals surface area (Å²) in [5.74, 6) is 0.380. The van der Waals surface area contributed by atoms with Crippen molar-refractivity contribution in [3.8, 4) is 5.75 Å². The fraction of sp³-hybridized carbons (Fsp3) is 0.222. The monoisotopic (exact) mass is 243 g/mol. The summed E-state index contributed by atoms with van der Waals surface area (Å²) in [6.45, 7) is 0.325. The molecule has 0 saturated heterocycles. The molecule has 0 aliphatic carbocycles. The Labute approximate surface area is 85.0 Å². The first kappa shape index (κ1) is 10.1. The molecule has 0 bridgehead atoms. The van der Waals surface area contributed by atoms with Crippen LogP contribution >= 0.6 is 15.9 Å². The molecule has 0 aliphatic heterocycles. The fourth-order valence-electron chi connectivity index (χ4n) is 0.826. The topological polar surface area (TPSA) is 52.3 Å². The molecule has 0 spiro atoms. The van der Waals surface area contributed by atoms with E-state index in [1.165, 1.54) is 0 Å². The van der Waals surface area contributed by atoms with Crippen molar-refractivity contribution < 1.29 is 9.53 Å². The van der Waals surface area contributed by atoms with Crippen LogP contribution in [0.3, 0.4) is 0 Å². The number of rotatable bonds is 4. The van der Waals surface area contributed by atoms with Crippen LogP contribution < -0.4 is 10.5 Å². The average molecular weight is 244 g/mol. The number of amides is 1. The molecule has 0 saturated carbocycles. The predicted molar refractivity (Wildman–Crippen MR) is 53.4 cm³/mol. The second-order valence-corrected chi connectivity index (χ2v) is 3.44. The molecular formula is C9H10BrNO2. The van der Waals surface area contributed by atoms with Gasteiger partial charge in [0, 0.05) is 4.47 Å². The molecule has 0 unspecified atom stereocenters. The summed E-state index contributed by atoms with van der Waals surface area (Å²) in [5.41, 5.74) is 4.96. The van der Waals surface area contributed by atoms with Gasteiger partial charge in [-0.2, -0.15) is 0 Å². The number of nitrogens with two attached hydrogens (primary N) is 1. The van der Waals surface area contributed by atoms with Crippen LogP contribution in [0, 0.1) is 0 Å². The minimum Gasteiger partial charge on any atom is -0.493 e. The van der Waals surface area contributed by atoms with Crippen LogP contribution in [0.2, 0.25) is 0 Å². The Morgan fingerprint density at radius 2 is 2.31 bits per heavy atom. The number of carbonyl (C=O) groups excluding carboxylic acids is 1. The Morgan fingerprint density at radius 3 is 2.92 bits per heavy atom. The lowest BCUT2D eigenvalue weighted by atomic mass is 10.3. The molecule has 1 aromatic rings. The van der Waals surface area contributed by atoms with E-state index in [0.29, 0.717) is 6.61 Å². The molecular weight excluding hydrogens is 234 g/mol. The van der Waals surface area contributed by atoms with E-state index >= 15 is 0 Å². The van der Waals surface area contributed by atoms with Crippen LogP contribution in [0.25, 0.3) is 0 Å². The van der Waals surface area contributed by atoms with Gasteiger partial charge in [-0.15, -0.1) is 0 Å². The molecule has 1 aromatic carbocycles. The van der Waals surface area contributed by atoms with Gasteiger partial charge in [0.2, 0.25) is 5.91 Å². The van der Waals surface area contributed by atoms with Crippen molar-refractivity contribution in [2.24, 2.45) is 5.73 Å². The molecule has 1 rings (SSSR count). The highest BCUT2D eigenvalue weighted by Gasteiger charge is 1.96. The SMILES string of the molecule is NC(=O)CCOc1cccc(Br)c1. The Morgan fingerprint density at radius 1 is 1.54 bits per heavy atom. The maximum Gasteiger partial charge on any atom is 0.220 e. The highest BCUT2D eigenvalue weighted by Crippen LogP contribution is 2.17. The lowest BCUT2D eigenvalue weighted by molar-refractivity contribution is -0.118. The van der Waals surface area contributed by atoms with E-state index < -0.39 is 0 Å². The summed E-state index contributed by atoms with van der Waals surface area (Å²) in [6.07, 6.45) is 0.243. The predicted octanol–water partition coefficient (Wildman–Crippen LogP) is 1.70. The highest BCUT2D eigenvalue weighted by molar-refractivity contribution is 9.10. The molecule has 70 valence electrons. The molecule has 0 fully saturated rings. The zero-order chi connectivity index (χ0) is 9.68. The zero-order valence-electron chi connectivity index (χ0n) is 7.00. The van der Waals surface area contributed by atoms with E-state index in [1.54, 1.807) is 0 Å². The van der Waals surface area contributed by atoms with Crippen molar-refractivity contribution in [1.82, 2.24) is 0 Å². The molecule has 13 heavy (non-hydrogen) atoms. The molecule has 0 heterocycles.